The van der Waals surface area contributed by atoms with Crippen LogP contribution in [0.2, 0.25) is 0 Å². The summed E-state index contributed by atoms with van der Waals surface area (Å²) in [4.78, 5) is 11.6. The molecular weight excluding hydrogens is 206 g/mol. The molecule has 1 atom stereocenters. The number of aromatic amines is 1. The minimum Gasteiger partial charge on any atom is -0.292 e. The zero-order valence-electron chi connectivity index (χ0n) is 9.86. The van der Waals surface area contributed by atoms with Gasteiger partial charge in [0.05, 0.1) is 0 Å². The third-order valence-electron chi connectivity index (χ3n) is 2.61. The smallest absolute Gasteiger partial charge is 0.269 e. The second-order valence-corrected chi connectivity index (χ2v) is 3.90. The van der Waals surface area contributed by atoms with Gasteiger partial charge in [0, 0.05) is 6.42 Å². The van der Waals surface area contributed by atoms with Crippen molar-refractivity contribution >= 4 is 11.9 Å². The van der Waals surface area contributed by atoms with Crippen LogP contribution in [-0.4, -0.2) is 26.5 Å². The number of hydrogen-bond donors (Lipinski definition) is 2. The molecule has 1 aromatic rings. The Hall–Kier alpha value is -1.46. The van der Waals surface area contributed by atoms with Gasteiger partial charge in [-0.3, -0.25) is 10.1 Å². The Morgan fingerprint density at radius 2 is 2.31 bits per heavy atom. The third kappa shape index (κ3) is 4.37. The van der Waals surface area contributed by atoms with Crippen molar-refractivity contribution in [3.63, 3.8) is 0 Å². The van der Waals surface area contributed by atoms with E-state index in [0.717, 1.165) is 12.8 Å². The van der Waals surface area contributed by atoms with Gasteiger partial charge < -0.3 is 0 Å². The average molecular weight is 225 g/mol. The van der Waals surface area contributed by atoms with E-state index < -0.39 is 0 Å². The number of amides is 1. The van der Waals surface area contributed by atoms with E-state index in [0.29, 0.717) is 12.3 Å². The van der Waals surface area contributed by atoms with Crippen LogP contribution in [0.25, 0.3) is 0 Å². The molecule has 0 aliphatic heterocycles. The predicted molar refractivity (Wildman–Crippen MR) is 60.7 cm³/mol. The Balaban J connectivity index is 2.31. The summed E-state index contributed by atoms with van der Waals surface area (Å²) < 4.78 is 0. The quantitative estimate of drug-likeness (QED) is 0.740. The molecule has 1 aromatic heterocycles. The Morgan fingerprint density at radius 3 is 2.88 bits per heavy atom. The minimum atomic E-state index is -0.0376. The lowest BCUT2D eigenvalue weighted by Crippen LogP contribution is -2.17. The highest BCUT2D eigenvalue weighted by molar-refractivity contribution is 5.88. The lowest BCUT2D eigenvalue weighted by molar-refractivity contribution is -0.117. The molecule has 0 radical (unpaired) electrons. The van der Waals surface area contributed by atoms with Gasteiger partial charge in [-0.1, -0.05) is 38.2 Å². The normalized spacial score (nSPS) is 12.4. The number of nitrogens with zero attached hydrogens (tertiary/aromatic N) is 3. The molecule has 0 saturated heterocycles. The molecule has 0 spiro atoms. The molecule has 0 aromatic carbocycles. The van der Waals surface area contributed by atoms with Gasteiger partial charge in [-0.05, 0) is 17.6 Å². The molecule has 6 nitrogen and oxygen atoms in total. The van der Waals surface area contributed by atoms with Gasteiger partial charge in [-0.25, -0.2) is 0 Å². The molecule has 6 heteroatoms. The third-order valence-corrected chi connectivity index (χ3v) is 2.61. The molecule has 0 aliphatic rings. The zero-order valence-corrected chi connectivity index (χ0v) is 9.86. The number of carbonyl (C=O) groups is 1. The van der Waals surface area contributed by atoms with Crippen molar-refractivity contribution in [2.45, 2.75) is 46.0 Å². The van der Waals surface area contributed by atoms with E-state index in [-0.39, 0.29) is 11.9 Å². The van der Waals surface area contributed by atoms with E-state index in [4.69, 9.17) is 0 Å². The highest BCUT2D eigenvalue weighted by Crippen LogP contribution is 2.16. The van der Waals surface area contributed by atoms with Crippen LogP contribution in [0.3, 0.4) is 0 Å². The van der Waals surface area contributed by atoms with E-state index in [1.54, 1.807) is 0 Å². The number of H-pyrrole nitrogens is 1. The van der Waals surface area contributed by atoms with E-state index in [1.807, 2.05) is 0 Å². The van der Waals surface area contributed by atoms with Crippen LogP contribution < -0.4 is 5.32 Å². The number of nitrogens with one attached hydrogen (secondary N) is 2. The van der Waals surface area contributed by atoms with Gasteiger partial charge in [-0.15, -0.1) is 5.10 Å². The number of hydrogen-bond acceptors (Lipinski definition) is 4. The maximum Gasteiger partial charge on any atom is 0.269 e. The Kier molecular flexibility index (Phi) is 5.45. The summed E-state index contributed by atoms with van der Waals surface area (Å²) in [5.41, 5.74) is 0. The van der Waals surface area contributed by atoms with E-state index in [2.05, 4.69) is 39.8 Å². The van der Waals surface area contributed by atoms with Crippen LogP contribution in [-0.2, 0) is 4.79 Å². The zero-order chi connectivity index (χ0) is 11.8. The Labute approximate surface area is 95.2 Å². The highest BCUT2D eigenvalue weighted by Gasteiger charge is 2.12. The topological polar surface area (TPSA) is 83.6 Å². The molecular formula is C10H19N5O. The highest BCUT2D eigenvalue weighted by atomic mass is 16.1. The fraction of sp³-hybridized carbons (Fsp3) is 0.800. The van der Waals surface area contributed by atoms with Gasteiger partial charge in [0.2, 0.25) is 5.91 Å². The van der Waals surface area contributed by atoms with Crippen molar-refractivity contribution in [2.24, 2.45) is 5.92 Å². The van der Waals surface area contributed by atoms with Crippen LogP contribution in [0.4, 0.5) is 5.95 Å². The number of tetrazole rings is 1. The lowest BCUT2D eigenvalue weighted by Gasteiger charge is -2.12. The number of carbonyl (C=O) groups excluding carboxylic acids is 1. The van der Waals surface area contributed by atoms with Gasteiger partial charge in [0.1, 0.15) is 0 Å². The molecule has 1 unspecified atom stereocenters. The summed E-state index contributed by atoms with van der Waals surface area (Å²) >= 11 is 0. The first kappa shape index (κ1) is 12.6. The van der Waals surface area contributed by atoms with Crippen LogP contribution >= 0.6 is 0 Å². The van der Waals surface area contributed by atoms with Crippen molar-refractivity contribution < 1.29 is 4.79 Å². The van der Waals surface area contributed by atoms with E-state index in [1.165, 1.54) is 12.8 Å². The molecule has 0 bridgehead atoms. The molecule has 90 valence electrons. The number of anilines is 1. The van der Waals surface area contributed by atoms with Crippen LogP contribution in [0.1, 0.15) is 46.0 Å². The Morgan fingerprint density at radius 1 is 1.50 bits per heavy atom. The van der Waals surface area contributed by atoms with E-state index in [9.17, 15) is 4.79 Å². The summed E-state index contributed by atoms with van der Waals surface area (Å²) in [6.07, 6.45) is 5.01. The summed E-state index contributed by atoms with van der Waals surface area (Å²) in [6, 6.07) is 0. The number of rotatable bonds is 7. The molecule has 0 fully saturated rings. The molecule has 1 rings (SSSR count). The van der Waals surface area contributed by atoms with Crippen molar-refractivity contribution in [1.82, 2.24) is 20.6 Å². The maximum absolute atomic E-state index is 11.6. The monoisotopic (exact) mass is 225 g/mol. The summed E-state index contributed by atoms with van der Waals surface area (Å²) in [6.45, 7) is 4.27. The first-order valence-corrected chi connectivity index (χ1v) is 5.79. The van der Waals surface area contributed by atoms with Crippen molar-refractivity contribution in [3.8, 4) is 0 Å². The number of aromatic nitrogens is 4. The predicted octanol–water partition coefficient (Wildman–Crippen LogP) is 1.74. The van der Waals surface area contributed by atoms with Crippen LogP contribution in [0, 0.1) is 5.92 Å². The molecule has 1 amide bonds. The molecule has 2 N–H and O–H groups in total. The largest absolute Gasteiger partial charge is 0.292 e. The summed E-state index contributed by atoms with van der Waals surface area (Å²) in [7, 11) is 0. The van der Waals surface area contributed by atoms with Crippen LogP contribution in [0.5, 0.6) is 0 Å². The fourth-order valence-electron chi connectivity index (χ4n) is 1.60. The van der Waals surface area contributed by atoms with Gasteiger partial charge >= 0.3 is 0 Å². The summed E-state index contributed by atoms with van der Waals surface area (Å²) in [5.74, 6) is 0.659. The first-order chi connectivity index (χ1) is 7.76. The first-order valence-electron chi connectivity index (χ1n) is 5.79. The standard InChI is InChI=1S/C10H19N5O/c1-3-5-6-8(4-2)7-9(16)11-10-12-14-15-13-10/h8H,3-7H2,1-2H3,(H2,11,12,13,14,15,16). The second-order valence-electron chi connectivity index (χ2n) is 3.90. The van der Waals surface area contributed by atoms with Gasteiger partial charge in [0.15, 0.2) is 0 Å². The van der Waals surface area contributed by atoms with Gasteiger partial charge in [0.25, 0.3) is 5.95 Å². The molecule has 1 heterocycles. The van der Waals surface area contributed by atoms with Gasteiger partial charge in [-0.2, -0.15) is 5.21 Å². The van der Waals surface area contributed by atoms with Crippen molar-refractivity contribution in [2.75, 3.05) is 5.32 Å². The van der Waals surface area contributed by atoms with Crippen molar-refractivity contribution in [3.05, 3.63) is 0 Å². The van der Waals surface area contributed by atoms with Crippen molar-refractivity contribution in [1.29, 1.82) is 0 Å². The fourth-order valence-corrected chi connectivity index (χ4v) is 1.60. The SMILES string of the molecule is CCCCC(CC)CC(=O)Nc1nn[nH]n1. The van der Waals surface area contributed by atoms with E-state index >= 15 is 0 Å². The minimum absolute atomic E-state index is 0.0376. The maximum atomic E-state index is 11.6. The Bertz CT molecular complexity index is 298. The second kappa shape index (κ2) is 6.92. The average Bonchev–Trinajstić information content (AvgIpc) is 2.76. The molecule has 0 saturated carbocycles. The molecule has 0 aliphatic carbocycles. The lowest BCUT2D eigenvalue weighted by atomic mass is 9.95. The van der Waals surface area contributed by atoms with Crippen LogP contribution in [0.15, 0.2) is 0 Å². The summed E-state index contributed by atoms with van der Waals surface area (Å²) in [5, 5.41) is 15.6. The molecule has 16 heavy (non-hydrogen) atoms. The number of unbranched alkanes of at least 4 members (excludes halogenated alkanes) is 1.